The molecule has 0 radical (unpaired) electrons. The van der Waals surface area contributed by atoms with Gasteiger partial charge in [0.15, 0.2) is 11.6 Å². The number of para-hydroxylation sites is 1. The number of halogens is 2. The Morgan fingerprint density at radius 3 is 2.71 bits per heavy atom. The van der Waals surface area contributed by atoms with Gasteiger partial charge in [-0.25, -0.2) is 4.39 Å². The molecule has 0 spiro atoms. The highest BCUT2D eigenvalue weighted by Crippen LogP contribution is 2.29. The number of hydrogen-bond donors (Lipinski definition) is 1. The Labute approximate surface area is 128 Å². The molecule has 0 aliphatic carbocycles. The molecule has 1 N–H and O–H groups in total. The molecule has 0 heterocycles. The van der Waals surface area contributed by atoms with E-state index >= 15 is 0 Å². The molecule has 0 saturated heterocycles. The molecule has 2 aromatic rings. The molecule has 2 rings (SSSR count). The Morgan fingerprint density at radius 1 is 1.14 bits per heavy atom. The van der Waals surface area contributed by atoms with Crippen LogP contribution in [-0.4, -0.2) is 20.3 Å². The van der Waals surface area contributed by atoms with Crippen molar-refractivity contribution in [2.24, 2.45) is 0 Å². The van der Waals surface area contributed by atoms with Gasteiger partial charge in [0.1, 0.15) is 5.75 Å². The summed E-state index contributed by atoms with van der Waals surface area (Å²) in [6.07, 6.45) is 0. The quantitative estimate of drug-likeness (QED) is 0.784. The first kappa shape index (κ1) is 15.8. The second-order valence-corrected chi connectivity index (χ2v) is 4.89. The number of rotatable bonds is 7. The Morgan fingerprint density at radius 2 is 1.95 bits per heavy atom. The molecule has 0 aliphatic heterocycles. The van der Waals surface area contributed by atoms with Gasteiger partial charge in [-0.3, -0.25) is 0 Å². The average molecular weight is 310 g/mol. The SMILES string of the molecule is COCCNCc1ccc(Cl)cc1Oc1ccccc1F. The lowest BCUT2D eigenvalue weighted by atomic mass is 10.2. The molecule has 0 fully saturated rings. The van der Waals surface area contributed by atoms with Gasteiger partial charge in [0.25, 0.3) is 0 Å². The zero-order chi connectivity index (χ0) is 15.1. The van der Waals surface area contributed by atoms with E-state index in [0.717, 1.165) is 12.1 Å². The largest absolute Gasteiger partial charge is 0.454 e. The molecule has 0 saturated carbocycles. The summed E-state index contributed by atoms with van der Waals surface area (Å²) in [6.45, 7) is 1.93. The van der Waals surface area contributed by atoms with Gasteiger partial charge in [-0.1, -0.05) is 29.8 Å². The zero-order valence-electron chi connectivity index (χ0n) is 11.7. The fourth-order valence-corrected chi connectivity index (χ4v) is 1.97. The third-order valence-corrected chi connectivity index (χ3v) is 3.12. The van der Waals surface area contributed by atoms with Crippen LogP contribution >= 0.6 is 11.6 Å². The zero-order valence-corrected chi connectivity index (χ0v) is 12.5. The molecule has 2 aromatic carbocycles. The van der Waals surface area contributed by atoms with Crippen molar-refractivity contribution in [3.8, 4) is 11.5 Å². The molecular formula is C16H17ClFNO2. The van der Waals surface area contributed by atoms with Crippen molar-refractivity contribution >= 4 is 11.6 Å². The summed E-state index contributed by atoms with van der Waals surface area (Å²) >= 11 is 5.99. The number of nitrogens with one attached hydrogen (secondary N) is 1. The van der Waals surface area contributed by atoms with E-state index in [-0.39, 0.29) is 5.75 Å². The molecule has 5 heteroatoms. The first-order valence-corrected chi connectivity index (χ1v) is 6.99. The summed E-state index contributed by atoms with van der Waals surface area (Å²) in [6, 6.07) is 11.6. The fourth-order valence-electron chi connectivity index (χ4n) is 1.81. The third kappa shape index (κ3) is 4.70. The van der Waals surface area contributed by atoms with E-state index < -0.39 is 5.82 Å². The molecule has 0 aliphatic rings. The predicted molar refractivity (Wildman–Crippen MR) is 81.5 cm³/mol. The van der Waals surface area contributed by atoms with Crippen LogP contribution in [0, 0.1) is 5.82 Å². The lowest BCUT2D eigenvalue weighted by molar-refractivity contribution is 0.199. The van der Waals surface area contributed by atoms with Crippen LogP contribution in [0.25, 0.3) is 0 Å². The van der Waals surface area contributed by atoms with Crippen molar-refractivity contribution in [1.29, 1.82) is 0 Å². The Bertz CT molecular complexity index is 592. The normalized spacial score (nSPS) is 10.6. The van der Waals surface area contributed by atoms with E-state index in [1.54, 1.807) is 37.4 Å². The van der Waals surface area contributed by atoms with Crippen molar-refractivity contribution in [3.05, 3.63) is 58.9 Å². The van der Waals surface area contributed by atoms with E-state index in [0.29, 0.717) is 23.9 Å². The van der Waals surface area contributed by atoms with E-state index in [4.69, 9.17) is 21.1 Å². The van der Waals surface area contributed by atoms with Gasteiger partial charge in [0, 0.05) is 30.8 Å². The highest BCUT2D eigenvalue weighted by atomic mass is 35.5. The minimum absolute atomic E-state index is 0.179. The van der Waals surface area contributed by atoms with Gasteiger partial charge in [-0.05, 0) is 24.3 Å². The Kier molecular flexibility index (Phi) is 5.99. The summed E-state index contributed by atoms with van der Waals surface area (Å²) in [5, 5.41) is 3.76. The smallest absolute Gasteiger partial charge is 0.165 e. The van der Waals surface area contributed by atoms with Crippen LogP contribution in [0.4, 0.5) is 4.39 Å². The van der Waals surface area contributed by atoms with Crippen molar-refractivity contribution in [3.63, 3.8) is 0 Å². The first-order chi connectivity index (χ1) is 10.2. The molecule has 3 nitrogen and oxygen atoms in total. The van der Waals surface area contributed by atoms with Gasteiger partial charge in [-0.2, -0.15) is 0 Å². The number of ether oxygens (including phenoxy) is 2. The summed E-state index contributed by atoms with van der Waals surface area (Å²) in [4.78, 5) is 0. The van der Waals surface area contributed by atoms with Crippen LogP contribution in [0.15, 0.2) is 42.5 Å². The van der Waals surface area contributed by atoms with Crippen LogP contribution in [0.1, 0.15) is 5.56 Å². The maximum atomic E-state index is 13.7. The number of methoxy groups -OCH3 is 1. The number of hydrogen-bond acceptors (Lipinski definition) is 3. The Hall–Kier alpha value is -1.62. The summed E-state index contributed by atoms with van der Waals surface area (Å²) in [7, 11) is 1.65. The summed E-state index contributed by atoms with van der Waals surface area (Å²) < 4.78 is 24.3. The minimum atomic E-state index is -0.407. The Balaban J connectivity index is 2.13. The van der Waals surface area contributed by atoms with E-state index in [2.05, 4.69) is 5.32 Å². The monoisotopic (exact) mass is 309 g/mol. The lowest BCUT2D eigenvalue weighted by Crippen LogP contribution is -2.18. The van der Waals surface area contributed by atoms with Crippen molar-refractivity contribution in [2.75, 3.05) is 20.3 Å². The topological polar surface area (TPSA) is 30.5 Å². The van der Waals surface area contributed by atoms with E-state index in [1.165, 1.54) is 6.07 Å². The van der Waals surface area contributed by atoms with Crippen molar-refractivity contribution in [1.82, 2.24) is 5.32 Å². The fraction of sp³-hybridized carbons (Fsp3) is 0.250. The van der Waals surface area contributed by atoms with E-state index in [1.807, 2.05) is 6.07 Å². The maximum Gasteiger partial charge on any atom is 0.165 e. The molecular weight excluding hydrogens is 293 g/mol. The third-order valence-electron chi connectivity index (χ3n) is 2.88. The number of benzene rings is 2. The molecule has 0 unspecified atom stereocenters. The highest BCUT2D eigenvalue weighted by molar-refractivity contribution is 6.30. The minimum Gasteiger partial charge on any atom is -0.454 e. The summed E-state index contributed by atoms with van der Waals surface area (Å²) in [5.74, 6) is 0.311. The molecule has 21 heavy (non-hydrogen) atoms. The van der Waals surface area contributed by atoms with Gasteiger partial charge in [0.2, 0.25) is 0 Å². The van der Waals surface area contributed by atoms with Gasteiger partial charge in [0.05, 0.1) is 6.61 Å². The molecule has 0 amide bonds. The van der Waals surface area contributed by atoms with Crippen molar-refractivity contribution < 1.29 is 13.9 Å². The lowest BCUT2D eigenvalue weighted by Gasteiger charge is -2.13. The van der Waals surface area contributed by atoms with Gasteiger partial charge in [-0.15, -0.1) is 0 Å². The van der Waals surface area contributed by atoms with Crippen LogP contribution < -0.4 is 10.1 Å². The molecule has 112 valence electrons. The molecule has 0 atom stereocenters. The van der Waals surface area contributed by atoms with E-state index in [9.17, 15) is 4.39 Å². The molecule has 0 aromatic heterocycles. The highest BCUT2D eigenvalue weighted by Gasteiger charge is 2.09. The standard InChI is InChI=1S/C16H17ClFNO2/c1-20-9-8-19-11-12-6-7-13(17)10-16(12)21-15-5-3-2-4-14(15)18/h2-7,10,19H,8-9,11H2,1H3. The van der Waals surface area contributed by atoms with Crippen LogP contribution in [0.5, 0.6) is 11.5 Å². The second-order valence-electron chi connectivity index (χ2n) is 4.45. The first-order valence-electron chi connectivity index (χ1n) is 6.61. The average Bonchev–Trinajstić information content (AvgIpc) is 2.48. The van der Waals surface area contributed by atoms with Gasteiger partial charge < -0.3 is 14.8 Å². The second kappa shape index (κ2) is 7.98. The van der Waals surface area contributed by atoms with Crippen LogP contribution in [-0.2, 0) is 11.3 Å². The summed E-state index contributed by atoms with van der Waals surface area (Å²) in [5.41, 5.74) is 0.902. The van der Waals surface area contributed by atoms with Crippen molar-refractivity contribution in [2.45, 2.75) is 6.54 Å². The maximum absolute atomic E-state index is 13.7. The van der Waals surface area contributed by atoms with Crippen LogP contribution in [0.3, 0.4) is 0 Å². The molecule has 0 bridgehead atoms. The van der Waals surface area contributed by atoms with Gasteiger partial charge >= 0.3 is 0 Å². The van der Waals surface area contributed by atoms with Crippen LogP contribution in [0.2, 0.25) is 5.02 Å². The predicted octanol–water partition coefficient (Wildman–Crippen LogP) is 4.01.